The molecule has 2 heterocycles. The first-order valence-corrected chi connectivity index (χ1v) is 12.6. The van der Waals surface area contributed by atoms with Crippen LogP contribution >= 0.6 is 0 Å². The number of morpholine rings is 1. The van der Waals surface area contributed by atoms with Gasteiger partial charge in [-0.25, -0.2) is 4.39 Å². The molecular weight excluding hydrogens is 441 g/mol. The molecule has 5 heteroatoms. The van der Waals surface area contributed by atoms with Crippen molar-refractivity contribution in [3.8, 4) is 11.1 Å². The first-order valence-electron chi connectivity index (χ1n) is 12.6. The van der Waals surface area contributed by atoms with Gasteiger partial charge < -0.3 is 14.6 Å². The monoisotopic (exact) mass is 475 g/mol. The van der Waals surface area contributed by atoms with E-state index in [1.807, 2.05) is 30.3 Å². The smallest absolute Gasteiger partial charge is 0.123 e. The minimum absolute atomic E-state index is 0.0680. The van der Waals surface area contributed by atoms with Crippen molar-refractivity contribution in [1.29, 1.82) is 0 Å². The molecule has 0 aliphatic carbocycles. The van der Waals surface area contributed by atoms with Crippen molar-refractivity contribution in [2.45, 2.75) is 37.5 Å². The summed E-state index contributed by atoms with van der Waals surface area (Å²) in [6.07, 6.45) is 1.74. The quantitative estimate of drug-likeness (QED) is 0.517. The molecule has 5 rings (SSSR count). The topological polar surface area (TPSA) is 41.9 Å². The highest BCUT2D eigenvalue weighted by atomic mass is 19.1. The lowest BCUT2D eigenvalue weighted by molar-refractivity contribution is -0.180. The highest BCUT2D eigenvalue weighted by Crippen LogP contribution is 2.38. The van der Waals surface area contributed by atoms with Crippen LogP contribution in [0, 0.1) is 11.7 Å². The molecule has 3 aromatic rings. The van der Waals surface area contributed by atoms with E-state index in [9.17, 15) is 9.50 Å². The van der Waals surface area contributed by atoms with Crippen LogP contribution in [-0.4, -0.2) is 54.6 Å². The molecule has 1 N–H and O–H groups in total. The Morgan fingerprint density at radius 2 is 1.69 bits per heavy atom. The summed E-state index contributed by atoms with van der Waals surface area (Å²) in [5, 5.41) is 12.4. The average molecular weight is 476 g/mol. The number of ether oxygens (including phenoxy) is 2. The van der Waals surface area contributed by atoms with E-state index < -0.39 is 5.60 Å². The fourth-order valence-electron chi connectivity index (χ4n) is 5.63. The highest BCUT2D eigenvalue weighted by Gasteiger charge is 2.47. The van der Waals surface area contributed by atoms with Gasteiger partial charge >= 0.3 is 0 Å². The van der Waals surface area contributed by atoms with E-state index in [1.54, 1.807) is 12.1 Å². The first-order chi connectivity index (χ1) is 17.1. The molecule has 2 aliphatic rings. The fraction of sp³-hybridized carbons (Fsp3) is 0.400. The summed E-state index contributed by atoms with van der Waals surface area (Å²) in [5.74, 6) is -0.192. The largest absolute Gasteiger partial charge is 0.386 e. The SMILES string of the molecule is OC(Cc1ccccc1-c1cccc(F)c1)(C1CCOCC1)C1CN(Cc2ccccc2)CCO1. The molecule has 2 saturated heterocycles. The molecule has 3 aromatic carbocycles. The van der Waals surface area contributed by atoms with E-state index >= 15 is 0 Å². The summed E-state index contributed by atoms with van der Waals surface area (Å²) in [7, 11) is 0. The van der Waals surface area contributed by atoms with Crippen molar-refractivity contribution in [3.63, 3.8) is 0 Å². The van der Waals surface area contributed by atoms with Gasteiger partial charge in [-0.1, -0.05) is 66.7 Å². The number of hydrogen-bond donors (Lipinski definition) is 1. The summed E-state index contributed by atoms with van der Waals surface area (Å²) in [6.45, 7) is 4.25. The first kappa shape index (κ1) is 24.1. The number of rotatable bonds is 7. The van der Waals surface area contributed by atoms with Crippen LogP contribution in [0.15, 0.2) is 78.9 Å². The van der Waals surface area contributed by atoms with Crippen LogP contribution in [-0.2, 0) is 22.4 Å². The second-order valence-electron chi connectivity index (χ2n) is 9.80. The Bertz CT molecular complexity index is 1100. The van der Waals surface area contributed by atoms with Gasteiger partial charge in [-0.15, -0.1) is 0 Å². The van der Waals surface area contributed by atoms with Crippen LogP contribution < -0.4 is 0 Å². The van der Waals surface area contributed by atoms with Crippen molar-refractivity contribution in [2.75, 3.05) is 32.9 Å². The molecule has 2 atom stereocenters. The van der Waals surface area contributed by atoms with Crippen LogP contribution in [0.3, 0.4) is 0 Å². The van der Waals surface area contributed by atoms with E-state index in [0.717, 1.165) is 42.6 Å². The minimum Gasteiger partial charge on any atom is -0.386 e. The van der Waals surface area contributed by atoms with Crippen molar-refractivity contribution < 1.29 is 19.0 Å². The minimum atomic E-state index is -1.05. The molecule has 35 heavy (non-hydrogen) atoms. The fourth-order valence-corrected chi connectivity index (χ4v) is 5.63. The Morgan fingerprint density at radius 1 is 0.914 bits per heavy atom. The number of nitrogens with zero attached hydrogens (tertiary/aromatic N) is 1. The molecule has 2 fully saturated rings. The van der Waals surface area contributed by atoms with Crippen LogP contribution in [0.4, 0.5) is 4.39 Å². The molecule has 2 unspecified atom stereocenters. The molecule has 0 radical (unpaired) electrons. The molecule has 2 aliphatic heterocycles. The Kier molecular flexibility index (Phi) is 7.59. The maximum atomic E-state index is 14.0. The second-order valence-corrected chi connectivity index (χ2v) is 9.80. The van der Waals surface area contributed by atoms with Crippen LogP contribution in [0.25, 0.3) is 11.1 Å². The predicted octanol–water partition coefficient (Wildman–Crippen LogP) is 5.09. The Hall–Kier alpha value is -2.57. The van der Waals surface area contributed by atoms with Gasteiger partial charge in [0.15, 0.2) is 0 Å². The summed E-state index contributed by atoms with van der Waals surface area (Å²) in [4.78, 5) is 2.38. The average Bonchev–Trinajstić information content (AvgIpc) is 2.90. The number of halogens is 1. The van der Waals surface area contributed by atoms with E-state index in [0.29, 0.717) is 32.8 Å². The second kappa shape index (κ2) is 11.0. The molecule has 4 nitrogen and oxygen atoms in total. The van der Waals surface area contributed by atoms with E-state index in [1.165, 1.54) is 11.6 Å². The van der Waals surface area contributed by atoms with Gasteiger partial charge in [-0.3, -0.25) is 4.90 Å². The zero-order chi connectivity index (χ0) is 24.1. The lowest BCUT2D eigenvalue weighted by Gasteiger charge is -2.47. The van der Waals surface area contributed by atoms with E-state index in [-0.39, 0.29) is 17.8 Å². The Labute approximate surface area is 207 Å². The van der Waals surface area contributed by atoms with Crippen molar-refractivity contribution >= 4 is 0 Å². The maximum absolute atomic E-state index is 14.0. The third-order valence-corrected chi connectivity index (χ3v) is 7.51. The molecule has 0 aromatic heterocycles. The highest BCUT2D eigenvalue weighted by molar-refractivity contribution is 5.67. The van der Waals surface area contributed by atoms with Gasteiger partial charge in [0.05, 0.1) is 18.3 Å². The van der Waals surface area contributed by atoms with Crippen molar-refractivity contribution in [3.05, 3.63) is 95.8 Å². The number of hydrogen-bond acceptors (Lipinski definition) is 4. The Balaban J connectivity index is 1.44. The zero-order valence-corrected chi connectivity index (χ0v) is 20.1. The van der Waals surface area contributed by atoms with E-state index in [2.05, 4.69) is 35.2 Å². The van der Waals surface area contributed by atoms with Crippen molar-refractivity contribution in [1.82, 2.24) is 4.90 Å². The third kappa shape index (κ3) is 5.65. The molecule has 0 spiro atoms. The normalized spacial score (nSPS) is 21.5. The molecule has 0 bridgehead atoms. The molecule has 184 valence electrons. The number of benzene rings is 3. The molecule has 0 amide bonds. The lowest BCUT2D eigenvalue weighted by Crippen LogP contribution is -2.59. The van der Waals surface area contributed by atoms with Gasteiger partial charge in [0, 0.05) is 39.3 Å². The van der Waals surface area contributed by atoms with Crippen molar-refractivity contribution in [2.24, 2.45) is 5.92 Å². The van der Waals surface area contributed by atoms with E-state index in [4.69, 9.17) is 9.47 Å². The van der Waals surface area contributed by atoms with Gasteiger partial charge in [0.25, 0.3) is 0 Å². The maximum Gasteiger partial charge on any atom is 0.123 e. The van der Waals surface area contributed by atoms with Crippen LogP contribution in [0.5, 0.6) is 0 Å². The third-order valence-electron chi connectivity index (χ3n) is 7.51. The lowest BCUT2D eigenvalue weighted by atomic mass is 9.73. The van der Waals surface area contributed by atoms with Gasteiger partial charge in [0.1, 0.15) is 5.82 Å². The summed E-state index contributed by atoms with van der Waals surface area (Å²) < 4.78 is 26.0. The summed E-state index contributed by atoms with van der Waals surface area (Å²) >= 11 is 0. The van der Waals surface area contributed by atoms with Gasteiger partial charge in [0.2, 0.25) is 0 Å². The molecule has 0 saturated carbocycles. The predicted molar refractivity (Wildman–Crippen MR) is 135 cm³/mol. The molecular formula is C30H34FNO3. The Morgan fingerprint density at radius 3 is 2.49 bits per heavy atom. The van der Waals surface area contributed by atoms with Crippen LogP contribution in [0.2, 0.25) is 0 Å². The summed E-state index contributed by atoms with van der Waals surface area (Å²) in [6, 6.07) is 25.2. The standard InChI is InChI=1S/C30H34FNO3/c31-27-11-6-10-24(19-27)28-12-5-4-9-25(28)20-30(33,26-13-16-34-17-14-26)29-22-32(15-18-35-29)21-23-7-2-1-3-8-23/h1-12,19,26,29,33H,13-18,20-22H2. The zero-order valence-electron chi connectivity index (χ0n) is 20.1. The number of aliphatic hydroxyl groups is 1. The van der Waals surface area contributed by atoms with Gasteiger partial charge in [-0.05, 0) is 53.1 Å². The summed E-state index contributed by atoms with van der Waals surface area (Å²) in [5.41, 5.74) is 3.00. The van der Waals surface area contributed by atoms with Gasteiger partial charge in [-0.2, -0.15) is 0 Å². The van der Waals surface area contributed by atoms with Crippen LogP contribution in [0.1, 0.15) is 24.0 Å².